The second-order valence-electron chi connectivity index (χ2n) is 4.53. The molecule has 1 rings (SSSR count). The fraction of sp³-hybridized carbons (Fsp3) is 0.692. The Morgan fingerprint density at radius 2 is 2.35 bits per heavy atom. The zero-order valence-electron chi connectivity index (χ0n) is 10.7. The van der Waals surface area contributed by atoms with Gasteiger partial charge in [-0.1, -0.05) is 6.92 Å². The van der Waals surface area contributed by atoms with Crippen LogP contribution in [0.2, 0.25) is 0 Å². The number of aliphatic hydroxyl groups excluding tert-OH is 1. The molecule has 1 aromatic heterocycles. The predicted octanol–water partition coefficient (Wildman–Crippen LogP) is 2.65. The molecule has 98 valence electrons. The largest absolute Gasteiger partial charge is 0.468 e. The third-order valence-corrected chi connectivity index (χ3v) is 3.75. The Morgan fingerprint density at radius 1 is 1.53 bits per heavy atom. The molecule has 1 atom stereocenters. The maximum absolute atomic E-state index is 9.40. The van der Waals surface area contributed by atoms with Crippen molar-refractivity contribution in [3.8, 4) is 0 Å². The molecule has 1 heterocycles. The van der Waals surface area contributed by atoms with Crippen molar-refractivity contribution in [1.82, 2.24) is 5.32 Å². The van der Waals surface area contributed by atoms with Gasteiger partial charge in [-0.2, -0.15) is 11.8 Å². The van der Waals surface area contributed by atoms with E-state index in [9.17, 15) is 5.11 Å². The Morgan fingerprint density at radius 3 is 2.94 bits per heavy atom. The van der Waals surface area contributed by atoms with Crippen LogP contribution in [0.5, 0.6) is 0 Å². The quantitative estimate of drug-likeness (QED) is 0.668. The molecule has 3 nitrogen and oxygen atoms in total. The van der Waals surface area contributed by atoms with Crippen LogP contribution in [0.3, 0.4) is 0 Å². The number of hydrogen-bond acceptors (Lipinski definition) is 4. The minimum absolute atomic E-state index is 0.147. The maximum atomic E-state index is 9.40. The molecule has 4 heteroatoms. The molecule has 0 fully saturated rings. The van der Waals surface area contributed by atoms with E-state index in [0.717, 1.165) is 36.7 Å². The summed E-state index contributed by atoms with van der Waals surface area (Å²) in [5.74, 6) is 2.94. The number of nitrogens with one attached hydrogen (secondary N) is 1. The van der Waals surface area contributed by atoms with Crippen LogP contribution >= 0.6 is 11.8 Å². The Balaban J connectivity index is 2.18. The standard InChI is InChI=1S/C13H23NO2S/c1-3-7-14-13(2,11-15)6-9-17-10-12-5-4-8-16-12/h4-5,8,14-15H,3,6-7,9-11H2,1-2H3. The van der Waals surface area contributed by atoms with Gasteiger partial charge in [0.05, 0.1) is 18.6 Å². The topological polar surface area (TPSA) is 45.4 Å². The second-order valence-corrected chi connectivity index (χ2v) is 5.63. The molecule has 1 unspecified atom stereocenters. The summed E-state index contributed by atoms with van der Waals surface area (Å²) in [6, 6.07) is 3.91. The fourth-order valence-corrected chi connectivity index (χ4v) is 2.62. The van der Waals surface area contributed by atoms with Gasteiger partial charge >= 0.3 is 0 Å². The Bertz CT molecular complexity index is 290. The van der Waals surface area contributed by atoms with E-state index in [1.807, 2.05) is 23.9 Å². The highest BCUT2D eigenvalue weighted by molar-refractivity contribution is 7.98. The summed E-state index contributed by atoms with van der Waals surface area (Å²) in [5, 5.41) is 12.8. The lowest BCUT2D eigenvalue weighted by molar-refractivity contribution is 0.171. The van der Waals surface area contributed by atoms with Gasteiger partial charge in [0.2, 0.25) is 0 Å². The molecular formula is C13H23NO2S. The molecular weight excluding hydrogens is 234 g/mol. The average molecular weight is 257 g/mol. The second kappa shape index (κ2) is 7.80. The summed E-state index contributed by atoms with van der Waals surface area (Å²) < 4.78 is 5.27. The first-order valence-electron chi connectivity index (χ1n) is 6.16. The van der Waals surface area contributed by atoms with Crippen molar-refractivity contribution < 1.29 is 9.52 Å². The van der Waals surface area contributed by atoms with E-state index < -0.39 is 0 Å². The van der Waals surface area contributed by atoms with E-state index in [4.69, 9.17) is 4.42 Å². The molecule has 0 spiro atoms. The molecule has 0 aliphatic carbocycles. The zero-order chi connectivity index (χ0) is 12.6. The summed E-state index contributed by atoms with van der Waals surface area (Å²) in [5.41, 5.74) is -0.147. The summed E-state index contributed by atoms with van der Waals surface area (Å²) in [7, 11) is 0. The monoisotopic (exact) mass is 257 g/mol. The van der Waals surface area contributed by atoms with E-state index in [2.05, 4.69) is 19.2 Å². The van der Waals surface area contributed by atoms with Gasteiger partial charge in [-0.15, -0.1) is 0 Å². The molecule has 0 amide bonds. The van der Waals surface area contributed by atoms with Crippen molar-refractivity contribution in [3.05, 3.63) is 24.2 Å². The van der Waals surface area contributed by atoms with Crippen LogP contribution in [0.15, 0.2) is 22.8 Å². The third-order valence-electron chi connectivity index (χ3n) is 2.77. The highest BCUT2D eigenvalue weighted by atomic mass is 32.2. The molecule has 0 aromatic carbocycles. The maximum Gasteiger partial charge on any atom is 0.113 e. The van der Waals surface area contributed by atoms with Gasteiger partial charge in [-0.3, -0.25) is 0 Å². The van der Waals surface area contributed by atoms with Gasteiger partial charge in [0.15, 0.2) is 0 Å². The van der Waals surface area contributed by atoms with Crippen molar-refractivity contribution in [3.63, 3.8) is 0 Å². The molecule has 0 saturated heterocycles. The summed E-state index contributed by atoms with van der Waals surface area (Å²) in [6.07, 6.45) is 3.76. The minimum atomic E-state index is -0.147. The lowest BCUT2D eigenvalue weighted by Gasteiger charge is -2.28. The Labute approximate surface area is 108 Å². The van der Waals surface area contributed by atoms with Gasteiger partial charge < -0.3 is 14.8 Å². The first-order valence-corrected chi connectivity index (χ1v) is 7.31. The van der Waals surface area contributed by atoms with Crippen molar-refractivity contribution in [2.45, 2.75) is 38.0 Å². The Hall–Kier alpha value is -0.450. The van der Waals surface area contributed by atoms with Crippen LogP contribution in [0.1, 0.15) is 32.4 Å². The van der Waals surface area contributed by atoms with E-state index in [-0.39, 0.29) is 12.1 Å². The van der Waals surface area contributed by atoms with Gasteiger partial charge in [0.25, 0.3) is 0 Å². The number of hydrogen-bond donors (Lipinski definition) is 2. The molecule has 0 aliphatic heterocycles. The highest BCUT2D eigenvalue weighted by Crippen LogP contribution is 2.18. The van der Waals surface area contributed by atoms with E-state index in [1.54, 1.807) is 6.26 Å². The predicted molar refractivity (Wildman–Crippen MR) is 73.3 cm³/mol. The minimum Gasteiger partial charge on any atom is -0.468 e. The molecule has 2 N–H and O–H groups in total. The van der Waals surface area contributed by atoms with Crippen molar-refractivity contribution in [2.75, 3.05) is 18.9 Å². The van der Waals surface area contributed by atoms with E-state index >= 15 is 0 Å². The highest BCUT2D eigenvalue weighted by Gasteiger charge is 2.21. The lowest BCUT2D eigenvalue weighted by Crippen LogP contribution is -2.46. The van der Waals surface area contributed by atoms with Crippen LogP contribution in [-0.4, -0.2) is 29.5 Å². The first-order chi connectivity index (χ1) is 8.20. The van der Waals surface area contributed by atoms with Gasteiger partial charge in [0.1, 0.15) is 5.76 Å². The number of rotatable bonds is 9. The third kappa shape index (κ3) is 5.61. The van der Waals surface area contributed by atoms with Gasteiger partial charge in [-0.25, -0.2) is 0 Å². The van der Waals surface area contributed by atoms with E-state index in [1.165, 1.54) is 0 Å². The average Bonchev–Trinajstić information content (AvgIpc) is 2.85. The summed E-state index contributed by atoms with van der Waals surface area (Å²) >= 11 is 1.84. The van der Waals surface area contributed by atoms with Crippen molar-refractivity contribution in [2.24, 2.45) is 0 Å². The van der Waals surface area contributed by atoms with Crippen LogP contribution in [-0.2, 0) is 5.75 Å². The van der Waals surface area contributed by atoms with Crippen LogP contribution in [0.25, 0.3) is 0 Å². The SMILES string of the molecule is CCCNC(C)(CO)CCSCc1ccco1. The van der Waals surface area contributed by atoms with Crippen LogP contribution < -0.4 is 5.32 Å². The summed E-state index contributed by atoms with van der Waals surface area (Å²) in [6.45, 7) is 5.36. The fourth-order valence-electron chi connectivity index (χ4n) is 1.52. The molecule has 0 radical (unpaired) electrons. The molecule has 0 saturated carbocycles. The zero-order valence-corrected chi connectivity index (χ0v) is 11.6. The van der Waals surface area contributed by atoms with Gasteiger partial charge in [0, 0.05) is 5.54 Å². The normalized spacial score (nSPS) is 14.8. The molecule has 17 heavy (non-hydrogen) atoms. The summed E-state index contributed by atoms with van der Waals surface area (Å²) in [4.78, 5) is 0. The first kappa shape index (κ1) is 14.6. The number of aliphatic hydroxyl groups is 1. The molecule has 0 aliphatic rings. The van der Waals surface area contributed by atoms with Crippen molar-refractivity contribution in [1.29, 1.82) is 0 Å². The number of thioether (sulfide) groups is 1. The smallest absolute Gasteiger partial charge is 0.113 e. The molecule has 1 aromatic rings. The van der Waals surface area contributed by atoms with E-state index in [0.29, 0.717) is 0 Å². The van der Waals surface area contributed by atoms with Gasteiger partial charge in [-0.05, 0) is 44.2 Å². The Kier molecular flexibility index (Phi) is 6.70. The number of furan rings is 1. The van der Waals surface area contributed by atoms with Crippen molar-refractivity contribution >= 4 is 11.8 Å². The van der Waals surface area contributed by atoms with Crippen LogP contribution in [0.4, 0.5) is 0 Å². The van der Waals surface area contributed by atoms with Crippen LogP contribution in [0, 0.1) is 0 Å². The molecule has 0 bridgehead atoms. The lowest BCUT2D eigenvalue weighted by atomic mass is 10.0.